The first-order valence-corrected chi connectivity index (χ1v) is 13.3. The van der Waals surface area contributed by atoms with Crippen LogP contribution in [0.5, 0.6) is 0 Å². The smallest absolute Gasteiger partial charge is 0.229 e. The van der Waals surface area contributed by atoms with Crippen LogP contribution in [0.4, 0.5) is 5.13 Å². The van der Waals surface area contributed by atoms with Crippen LogP contribution in [-0.4, -0.2) is 44.3 Å². The first-order valence-electron chi connectivity index (χ1n) is 10.8. The minimum atomic E-state index is -3.55. The molecule has 2 heterocycles. The van der Waals surface area contributed by atoms with Crippen molar-refractivity contribution in [2.75, 3.05) is 23.8 Å². The molecule has 1 aromatic heterocycles. The SMILES string of the molecule is Cc1ccc(S(=O)(=O)CCC(=O)N(CC2CCCO2)c2nc3cc(C)c(C)cc3s2)cc1. The fraction of sp³-hybridized carbons (Fsp3) is 0.417. The van der Waals surface area contributed by atoms with Crippen molar-refractivity contribution in [3.05, 3.63) is 53.1 Å². The number of nitrogens with zero attached hydrogens (tertiary/aromatic N) is 2. The number of benzene rings is 2. The fourth-order valence-electron chi connectivity index (χ4n) is 3.78. The number of carbonyl (C=O) groups excluding carboxylic acids is 1. The molecule has 0 saturated carbocycles. The molecule has 6 nitrogen and oxygen atoms in total. The molecule has 1 fully saturated rings. The number of hydrogen-bond acceptors (Lipinski definition) is 6. The molecule has 170 valence electrons. The molecule has 8 heteroatoms. The van der Waals surface area contributed by atoms with Gasteiger partial charge in [0.15, 0.2) is 15.0 Å². The summed E-state index contributed by atoms with van der Waals surface area (Å²) < 4.78 is 32.3. The second-order valence-electron chi connectivity index (χ2n) is 8.42. The summed E-state index contributed by atoms with van der Waals surface area (Å²) in [6, 6.07) is 10.8. The Morgan fingerprint density at radius 1 is 1.16 bits per heavy atom. The van der Waals surface area contributed by atoms with Gasteiger partial charge in [-0.15, -0.1) is 0 Å². The number of hydrogen-bond donors (Lipinski definition) is 0. The molecule has 4 rings (SSSR count). The number of sulfone groups is 1. The first-order chi connectivity index (χ1) is 15.2. The Hall–Kier alpha value is -2.29. The van der Waals surface area contributed by atoms with E-state index in [2.05, 4.69) is 13.0 Å². The van der Waals surface area contributed by atoms with Gasteiger partial charge in [-0.2, -0.15) is 0 Å². The van der Waals surface area contributed by atoms with Crippen molar-refractivity contribution in [1.29, 1.82) is 0 Å². The highest BCUT2D eigenvalue weighted by Crippen LogP contribution is 2.32. The van der Waals surface area contributed by atoms with E-state index < -0.39 is 9.84 Å². The second kappa shape index (κ2) is 9.29. The van der Waals surface area contributed by atoms with Crippen molar-refractivity contribution in [2.24, 2.45) is 0 Å². The number of aromatic nitrogens is 1. The van der Waals surface area contributed by atoms with Crippen LogP contribution in [0.3, 0.4) is 0 Å². The van der Waals surface area contributed by atoms with Crippen molar-refractivity contribution in [1.82, 2.24) is 4.98 Å². The van der Waals surface area contributed by atoms with Gasteiger partial charge in [0.25, 0.3) is 0 Å². The number of rotatable bonds is 7. The molecule has 0 radical (unpaired) electrons. The summed E-state index contributed by atoms with van der Waals surface area (Å²) in [5, 5.41) is 0.596. The van der Waals surface area contributed by atoms with Crippen LogP contribution >= 0.6 is 11.3 Å². The van der Waals surface area contributed by atoms with E-state index in [1.807, 2.05) is 19.9 Å². The van der Waals surface area contributed by atoms with Gasteiger partial charge in [-0.1, -0.05) is 29.0 Å². The minimum absolute atomic E-state index is 0.0526. The molecule has 0 aliphatic carbocycles. The minimum Gasteiger partial charge on any atom is -0.376 e. The predicted octanol–water partition coefficient (Wildman–Crippen LogP) is 4.60. The molecule has 1 amide bonds. The lowest BCUT2D eigenvalue weighted by Gasteiger charge is -2.23. The molecule has 0 spiro atoms. The Morgan fingerprint density at radius 2 is 1.88 bits per heavy atom. The quantitative estimate of drug-likeness (QED) is 0.502. The van der Waals surface area contributed by atoms with Crippen LogP contribution in [0.2, 0.25) is 0 Å². The van der Waals surface area contributed by atoms with E-state index in [0.29, 0.717) is 18.3 Å². The Bertz CT molecular complexity index is 1190. The van der Waals surface area contributed by atoms with Crippen molar-refractivity contribution >= 4 is 42.4 Å². The zero-order chi connectivity index (χ0) is 22.9. The molecule has 1 aliphatic rings. The number of aryl methyl sites for hydroxylation is 3. The van der Waals surface area contributed by atoms with Gasteiger partial charge in [-0.3, -0.25) is 9.69 Å². The van der Waals surface area contributed by atoms with Crippen LogP contribution in [0.25, 0.3) is 10.2 Å². The highest BCUT2D eigenvalue weighted by molar-refractivity contribution is 7.91. The fourth-order valence-corrected chi connectivity index (χ4v) is 6.08. The molecular weight excluding hydrogens is 444 g/mol. The molecule has 1 unspecified atom stereocenters. The normalized spacial score (nSPS) is 16.5. The molecule has 2 aromatic carbocycles. The van der Waals surface area contributed by atoms with Crippen molar-refractivity contribution in [3.8, 4) is 0 Å². The van der Waals surface area contributed by atoms with Crippen LogP contribution in [0.15, 0.2) is 41.3 Å². The molecule has 1 aliphatic heterocycles. The highest BCUT2D eigenvalue weighted by atomic mass is 32.2. The van der Waals surface area contributed by atoms with Crippen LogP contribution in [0, 0.1) is 20.8 Å². The van der Waals surface area contributed by atoms with Crippen molar-refractivity contribution in [3.63, 3.8) is 0 Å². The monoisotopic (exact) mass is 472 g/mol. The molecule has 3 aromatic rings. The highest BCUT2D eigenvalue weighted by Gasteiger charge is 2.27. The maximum atomic E-state index is 13.2. The summed E-state index contributed by atoms with van der Waals surface area (Å²) in [7, 11) is -3.55. The van der Waals surface area contributed by atoms with Crippen LogP contribution in [-0.2, 0) is 19.4 Å². The number of fused-ring (bicyclic) bond motifs is 1. The van der Waals surface area contributed by atoms with E-state index in [1.54, 1.807) is 29.2 Å². The Labute approximate surface area is 193 Å². The van der Waals surface area contributed by atoms with E-state index in [1.165, 1.54) is 16.9 Å². The van der Waals surface area contributed by atoms with Gasteiger partial charge < -0.3 is 4.74 Å². The lowest BCUT2D eigenvalue weighted by Crippen LogP contribution is -2.38. The first kappa shape index (κ1) is 22.9. The summed E-state index contributed by atoms with van der Waals surface area (Å²) in [4.78, 5) is 19.8. The van der Waals surface area contributed by atoms with Gasteiger partial charge in [0.1, 0.15) is 0 Å². The zero-order valence-electron chi connectivity index (χ0n) is 18.6. The van der Waals surface area contributed by atoms with Crippen LogP contribution < -0.4 is 4.90 Å². The predicted molar refractivity (Wildman–Crippen MR) is 128 cm³/mol. The molecule has 1 saturated heterocycles. The summed E-state index contributed by atoms with van der Waals surface area (Å²) in [6.07, 6.45) is 1.70. The molecular formula is C24H28N2O4S2. The van der Waals surface area contributed by atoms with E-state index in [4.69, 9.17) is 9.72 Å². The van der Waals surface area contributed by atoms with E-state index in [9.17, 15) is 13.2 Å². The number of carbonyl (C=O) groups is 1. The van der Waals surface area contributed by atoms with Gasteiger partial charge in [0.05, 0.1) is 33.5 Å². The average Bonchev–Trinajstić information content (AvgIpc) is 3.40. The van der Waals surface area contributed by atoms with Gasteiger partial charge in [-0.05, 0) is 69.0 Å². The summed E-state index contributed by atoms with van der Waals surface area (Å²) >= 11 is 1.46. The number of amides is 1. The van der Waals surface area contributed by atoms with E-state index in [0.717, 1.165) is 34.2 Å². The van der Waals surface area contributed by atoms with Crippen molar-refractivity contribution in [2.45, 2.75) is 51.0 Å². The Morgan fingerprint density at radius 3 is 2.56 bits per heavy atom. The second-order valence-corrected chi connectivity index (χ2v) is 11.5. The summed E-state index contributed by atoms with van der Waals surface area (Å²) in [5.74, 6) is -0.483. The molecule has 0 bridgehead atoms. The lowest BCUT2D eigenvalue weighted by molar-refractivity contribution is -0.118. The third kappa shape index (κ3) is 5.03. The third-order valence-electron chi connectivity index (χ3n) is 5.90. The Balaban J connectivity index is 1.57. The van der Waals surface area contributed by atoms with E-state index in [-0.39, 0.29) is 29.1 Å². The maximum Gasteiger partial charge on any atom is 0.229 e. The average molecular weight is 473 g/mol. The third-order valence-corrected chi connectivity index (χ3v) is 8.67. The van der Waals surface area contributed by atoms with E-state index >= 15 is 0 Å². The topological polar surface area (TPSA) is 76.6 Å². The number of anilines is 1. The standard InChI is InChI=1S/C24H28N2O4S2/c1-16-6-8-20(9-7-16)32(28,29)12-10-23(27)26(15-19-5-4-11-30-19)24-25-21-13-17(2)18(3)14-22(21)31-24/h6-9,13-14,19H,4-5,10-12,15H2,1-3H3. The molecule has 0 N–H and O–H groups in total. The summed E-state index contributed by atoms with van der Waals surface area (Å²) in [5.41, 5.74) is 4.17. The number of thiazole rings is 1. The van der Waals surface area contributed by atoms with Crippen molar-refractivity contribution < 1.29 is 17.9 Å². The number of ether oxygens (including phenoxy) is 1. The lowest BCUT2D eigenvalue weighted by atomic mass is 10.1. The summed E-state index contributed by atoms with van der Waals surface area (Å²) in [6.45, 7) is 7.08. The van der Waals surface area contributed by atoms with Gasteiger partial charge in [0, 0.05) is 13.0 Å². The van der Waals surface area contributed by atoms with Gasteiger partial charge >= 0.3 is 0 Å². The van der Waals surface area contributed by atoms with Crippen LogP contribution in [0.1, 0.15) is 36.0 Å². The van der Waals surface area contributed by atoms with Gasteiger partial charge in [0.2, 0.25) is 5.91 Å². The Kier molecular flexibility index (Phi) is 6.65. The maximum absolute atomic E-state index is 13.2. The van der Waals surface area contributed by atoms with Gasteiger partial charge in [-0.25, -0.2) is 13.4 Å². The molecule has 1 atom stereocenters. The largest absolute Gasteiger partial charge is 0.376 e. The zero-order valence-corrected chi connectivity index (χ0v) is 20.3. The molecule has 32 heavy (non-hydrogen) atoms.